The minimum Gasteiger partial charge on any atom is -0.403 e. The maximum absolute atomic E-state index is 15.2. The number of alkyl halides is 3. The third-order valence-electron chi connectivity index (χ3n) is 6.31. The molecule has 6 heteroatoms. The molecule has 0 saturated carbocycles. The predicted octanol–water partition coefficient (Wildman–Crippen LogP) is 9.60. The van der Waals surface area contributed by atoms with Crippen molar-refractivity contribution in [3.63, 3.8) is 0 Å². The van der Waals surface area contributed by atoms with Gasteiger partial charge < -0.3 is 4.74 Å². The number of hydrogen-bond donors (Lipinski definition) is 0. The molecule has 0 saturated heterocycles. The van der Waals surface area contributed by atoms with E-state index in [1.807, 2.05) is 12.1 Å². The van der Waals surface area contributed by atoms with Crippen molar-refractivity contribution in [2.75, 3.05) is 0 Å². The van der Waals surface area contributed by atoms with Crippen LogP contribution < -0.4 is 4.74 Å². The van der Waals surface area contributed by atoms with E-state index in [0.717, 1.165) is 29.7 Å². The maximum atomic E-state index is 15.2. The van der Waals surface area contributed by atoms with E-state index in [0.29, 0.717) is 10.8 Å². The van der Waals surface area contributed by atoms with E-state index >= 15 is 4.39 Å². The smallest absolute Gasteiger partial charge is 0.403 e. The summed E-state index contributed by atoms with van der Waals surface area (Å²) in [5.74, 6) is 2.56. The average molecular weight is 523 g/mol. The molecular formula is C32H27F5O. The van der Waals surface area contributed by atoms with E-state index < -0.39 is 23.7 Å². The van der Waals surface area contributed by atoms with Crippen molar-refractivity contribution in [1.82, 2.24) is 0 Å². The average Bonchev–Trinajstić information content (AvgIpc) is 2.89. The highest BCUT2D eigenvalue weighted by Gasteiger charge is 2.32. The lowest BCUT2D eigenvalue weighted by Gasteiger charge is -2.09. The Hall–Kier alpha value is -3.85. The molecule has 4 aromatic rings. The molecule has 0 aliphatic heterocycles. The molecule has 38 heavy (non-hydrogen) atoms. The number of fused-ring (bicyclic) bond motifs is 1. The molecular weight excluding hydrogens is 495 g/mol. The second-order valence-electron chi connectivity index (χ2n) is 9.17. The summed E-state index contributed by atoms with van der Waals surface area (Å²) in [5, 5.41) is 1.11. The molecule has 0 atom stereocenters. The zero-order valence-electron chi connectivity index (χ0n) is 21.0. The molecule has 4 rings (SSSR count). The first kappa shape index (κ1) is 27.2. The van der Waals surface area contributed by atoms with E-state index in [4.69, 9.17) is 0 Å². The molecule has 196 valence electrons. The number of hydrogen-bond acceptors (Lipinski definition) is 1. The van der Waals surface area contributed by atoms with Crippen LogP contribution in [0.4, 0.5) is 22.0 Å². The van der Waals surface area contributed by atoms with Gasteiger partial charge in [-0.25, -0.2) is 8.78 Å². The highest BCUT2D eigenvalue weighted by atomic mass is 19.4. The van der Waals surface area contributed by atoms with Crippen molar-refractivity contribution in [3.05, 3.63) is 101 Å². The van der Waals surface area contributed by atoms with Crippen LogP contribution in [0.2, 0.25) is 0 Å². The molecule has 0 bridgehead atoms. The third kappa shape index (κ3) is 7.13. The second kappa shape index (κ2) is 12.1. The Bertz CT molecular complexity index is 1460. The Morgan fingerprint density at radius 2 is 1.47 bits per heavy atom. The standard InChI is InChI=1S/C32H27F5O/c1-2-3-4-5-6-7-22-8-12-24(13-9-22)26-17-18-28-27(21-26)16-15-25(31(28)34)14-10-23-11-19-30(29(33)20-23)38-32(35,36)37/h8-9,11-13,15-21H,2-7H2,1H3. The van der Waals surface area contributed by atoms with Gasteiger partial charge in [0.15, 0.2) is 11.6 Å². The van der Waals surface area contributed by atoms with Gasteiger partial charge in [0, 0.05) is 10.9 Å². The lowest BCUT2D eigenvalue weighted by atomic mass is 9.97. The first-order chi connectivity index (χ1) is 18.2. The molecule has 0 unspecified atom stereocenters. The van der Waals surface area contributed by atoms with Crippen LogP contribution in [0.5, 0.6) is 5.75 Å². The highest BCUT2D eigenvalue weighted by Crippen LogP contribution is 2.29. The van der Waals surface area contributed by atoms with Crippen LogP contribution in [-0.2, 0) is 6.42 Å². The summed E-state index contributed by atoms with van der Waals surface area (Å²) >= 11 is 0. The molecule has 1 nitrogen and oxygen atoms in total. The molecule has 0 radical (unpaired) electrons. The van der Waals surface area contributed by atoms with Gasteiger partial charge in [0.1, 0.15) is 5.82 Å². The summed E-state index contributed by atoms with van der Waals surface area (Å²) in [4.78, 5) is 0. The Morgan fingerprint density at radius 1 is 0.737 bits per heavy atom. The molecule has 0 aliphatic rings. The number of benzene rings is 4. The highest BCUT2D eigenvalue weighted by molar-refractivity contribution is 5.89. The normalized spacial score (nSPS) is 11.3. The van der Waals surface area contributed by atoms with Gasteiger partial charge in [-0.3, -0.25) is 0 Å². The predicted molar refractivity (Wildman–Crippen MR) is 141 cm³/mol. The van der Waals surface area contributed by atoms with Gasteiger partial charge in [-0.1, -0.05) is 86.9 Å². The first-order valence-corrected chi connectivity index (χ1v) is 12.6. The molecule has 0 aromatic heterocycles. The van der Waals surface area contributed by atoms with Crippen molar-refractivity contribution in [2.45, 2.75) is 51.8 Å². The van der Waals surface area contributed by atoms with Crippen molar-refractivity contribution in [2.24, 2.45) is 0 Å². The molecule has 0 heterocycles. The van der Waals surface area contributed by atoms with Gasteiger partial charge in [-0.2, -0.15) is 0 Å². The Balaban J connectivity index is 1.48. The molecule has 0 amide bonds. The summed E-state index contributed by atoms with van der Waals surface area (Å²) in [6.07, 6.45) is 2.30. The van der Waals surface area contributed by atoms with Gasteiger partial charge in [0.2, 0.25) is 0 Å². The van der Waals surface area contributed by atoms with Crippen molar-refractivity contribution >= 4 is 10.8 Å². The number of aryl methyl sites for hydroxylation is 1. The van der Waals surface area contributed by atoms with E-state index in [1.54, 1.807) is 12.1 Å². The fraction of sp³-hybridized carbons (Fsp3) is 0.250. The van der Waals surface area contributed by atoms with Crippen molar-refractivity contribution < 1.29 is 26.7 Å². The summed E-state index contributed by atoms with van der Waals surface area (Å²) < 4.78 is 69.6. The number of unbranched alkanes of at least 4 members (excludes halogenated alkanes) is 4. The quantitative estimate of drug-likeness (QED) is 0.127. The SMILES string of the molecule is CCCCCCCc1ccc(-c2ccc3c(F)c(C#Cc4ccc(OC(F)(F)F)c(F)c4)ccc3c2)cc1. The van der Waals surface area contributed by atoms with Crippen LogP contribution in [0.25, 0.3) is 21.9 Å². The topological polar surface area (TPSA) is 9.23 Å². The summed E-state index contributed by atoms with van der Waals surface area (Å²) in [6.45, 7) is 2.21. The molecule has 0 fully saturated rings. The van der Waals surface area contributed by atoms with Crippen LogP contribution in [0.1, 0.15) is 55.7 Å². The first-order valence-electron chi connectivity index (χ1n) is 12.6. The van der Waals surface area contributed by atoms with E-state index in [-0.39, 0.29) is 11.1 Å². The van der Waals surface area contributed by atoms with Crippen molar-refractivity contribution in [3.8, 4) is 28.7 Å². The van der Waals surface area contributed by atoms with Gasteiger partial charge in [-0.15, -0.1) is 13.2 Å². The fourth-order valence-electron chi connectivity index (χ4n) is 4.29. The summed E-state index contributed by atoms with van der Waals surface area (Å²) in [6, 6.07) is 20.1. The molecule has 0 N–H and O–H groups in total. The van der Waals surface area contributed by atoms with Gasteiger partial charge in [-0.05, 0) is 65.3 Å². The van der Waals surface area contributed by atoms with Crippen molar-refractivity contribution in [1.29, 1.82) is 0 Å². The largest absolute Gasteiger partial charge is 0.573 e. The fourth-order valence-corrected chi connectivity index (χ4v) is 4.29. The zero-order chi connectivity index (χ0) is 27.1. The monoisotopic (exact) mass is 522 g/mol. The number of ether oxygens (including phenoxy) is 1. The van der Waals surface area contributed by atoms with Crippen LogP contribution in [0.15, 0.2) is 72.8 Å². The van der Waals surface area contributed by atoms with E-state index in [2.05, 4.69) is 47.8 Å². The van der Waals surface area contributed by atoms with Gasteiger partial charge in [0.05, 0.1) is 5.56 Å². The Morgan fingerprint density at radius 3 is 2.18 bits per heavy atom. The molecule has 0 spiro atoms. The van der Waals surface area contributed by atoms with Crippen LogP contribution >= 0.6 is 0 Å². The minimum atomic E-state index is -5.00. The number of rotatable bonds is 8. The summed E-state index contributed by atoms with van der Waals surface area (Å²) in [7, 11) is 0. The van der Waals surface area contributed by atoms with E-state index in [1.165, 1.54) is 49.8 Å². The van der Waals surface area contributed by atoms with Crippen LogP contribution in [0.3, 0.4) is 0 Å². The van der Waals surface area contributed by atoms with Gasteiger partial charge >= 0.3 is 6.36 Å². The Labute approximate surface area is 219 Å². The van der Waals surface area contributed by atoms with E-state index in [9.17, 15) is 17.6 Å². The van der Waals surface area contributed by atoms with Crippen LogP contribution in [0, 0.1) is 23.5 Å². The maximum Gasteiger partial charge on any atom is 0.573 e. The molecule has 0 aliphatic carbocycles. The van der Waals surface area contributed by atoms with Gasteiger partial charge in [0.25, 0.3) is 0 Å². The number of halogens is 5. The minimum absolute atomic E-state index is 0.0938. The lowest BCUT2D eigenvalue weighted by molar-refractivity contribution is -0.275. The zero-order valence-corrected chi connectivity index (χ0v) is 21.0. The lowest BCUT2D eigenvalue weighted by Crippen LogP contribution is -2.17. The Kier molecular flexibility index (Phi) is 8.68. The third-order valence-corrected chi connectivity index (χ3v) is 6.31. The molecule has 4 aromatic carbocycles. The van der Waals surface area contributed by atoms with Crippen LogP contribution in [-0.4, -0.2) is 6.36 Å². The summed E-state index contributed by atoms with van der Waals surface area (Å²) in [5.41, 5.74) is 3.52. The second-order valence-corrected chi connectivity index (χ2v) is 9.17.